The predicted molar refractivity (Wildman–Crippen MR) is 102 cm³/mol. The van der Waals surface area contributed by atoms with E-state index in [0.717, 1.165) is 43.9 Å². The first-order valence-corrected chi connectivity index (χ1v) is 10.4. The lowest BCUT2D eigenvalue weighted by Crippen LogP contribution is -2.31. The molecule has 0 heterocycles. The monoisotopic (exact) mass is 387 g/mol. The van der Waals surface area contributed by atoms with Crippen LogP contribution in [-0.4, -0.2) is 23.6 Å². The summed E-state index contributed by atoms with van der Waals surface area (Å²) in [6.07, 6.45) is 17.2. The van der Waals surface area contributed by atoms with Gasteiger partial charge in [0.25, 0.3) is 5.91 Å². The van der Waals surface area contributed by atoms with Gasteiger partial charge in [-0.2, -0.15) is 0 Å². The maximum absolute atomic E-state index is 11.5. The second-order valence-electron chi connectivity index (χ2n) is 6.00. The molecule has 0 aliphatic rings. The molecule has 4 heteroatoms. The van der Waals surface area contributed by atoms with E-state index in [1.807, 2.05) is 0 Å². The van der Waals surface area contributed by atoms with E-state index in [9.17, 15) is 9.59 Å². The van der Waals surface area contributed by atoms with Crippen LogP contribution in [0.2, 0.25) is 0 Å². The third-order valence-electron chi connectivity index (χ3n) is 3.76. The minimum atomic E-state index is -0.403. The predicted octanol–water partition coefficient (Wildman–Crippen LogP) is 5.32. The van der Waals surface area contributed by atoms with Gasteiger partial charge in [-0.3, -0.25) is 9.59 Å². The quantitative estimate of drug-likeness (QED) is 0.168. The number of Topliss-reactive ketones (excluding diaryl/α,β-unsaturated/α-hetero) is 1. The van der Waals surface area contributed by atoms with Crippen LogP contribution in [0.15, 0.2) is 12.2 Å². The Morgan fingerprint density at radius 3 is 2.17 bits per heavy atom. The fraction of sp³-hybridized carbons (Fsp3) is 0.789. The summed E-state index contributed by atoms with van der Waals surface area (Å²) in [7, 11) is 0. The van der Waals surface area contributed by atoms with E-state index in [1.165, 1.54) is 32.1 Å². The number of nitrogens with one attached hydrogen (secondary N) is 1. The van der Waals surface area contributed by atoms with Gasteiger partial charge in [0.1, 0.15) is 0 Å². The third-order valence-corrected chi connectivity index (χ3v) is 4.33. The molecule has 0 spiro atoms. The molecule has 0 aromatic carbocycles. The topological polar surface area (TPSA) is 46.2 Å². The van der Waals surface area contributed by atoms with Crippen molar-refractivity contribution in [1.29, 1.82) is 0 Å². The van der Waals surface area contributed by atoms with Crippen LogP contribution in [0, 0.1) is 0 Å². The number of carbonyl (C=O) groups excluding carboxylic acids is 2. The Balaban J connectivity index is 3.37. The fourth-order valence-electron chi connectivity index (χ4n) is 2.28. The molecule has 1 amide bonds. The van der Waals surface area contributed by atoms with Crippen molar-refractivity contribution < 1.29 is 9.59 Å². The van der Waals surface area contributed by atoms with Crippen LogP contribution >= 0.6 is 15.9 Å². The first-order valence-electron chi connectivity index (χ1n) is 9.24. The van der Waals surface area contributed by atoms with Crippen molar-refractivity contribution in [2.75, 3.05) is 11.9 Å². The largest absolute Gasteiger partial charge is 0.350 e. The average Bonchev–Trinajstić information content (AvgIpc) is 2.55. The van der Waals surface area contributed by atoms with Gasteiger partial charge in [-0.15, -0.1) is 0 Å². The highest BCUT2D eigenvalue weighted by Gasteiger charge is 2.11. The van der Waals surface area contributed by atoms with Crippen molar-refractivity contribution in [2.45, 2.75) is 84.0 Å². The van der Waals surface area contributed by atoms with Gasteiger partial charge < -0.3 is 5.32 Å². The molecule has 3 nitrogen and oxygen atoms in total. The summed E-state index contributed by atoms with van der Waals surface area (Å²) in [5, 5.41) is 3.84. The lowest BCUT2D eigenvalue weighted by molar-refractivity contribution is -0.138. The Labute approximate surface area is 150 Å². The zero-order valence-electron chi connectivity index (χ0n) is 14.7. The lowest BCUT2D eigenvalue weighted by atomic mass is 10.1. The molecule has 0 aromatic rings. The second-order valence-corrected chi connectivity index (χ2v) is 6.79. The number of halogens is 1. The summed E-state index contributed by atoms with van der Waals surface area (Å²) in [5.74, 6) is -0.668. The highest BCUT2D eigenvalue weighted by atomic mass is 79.9. The van der Waals surface area contributed by atoms with Crippen molar-refractivity contribution in [2.24, 2.45) is 0 Å². The molecule has 0 fully saturated rings. The molecule has 0 aliphatic heterocycles. The first kappa shape index (κ1) is 22.4. The van der Waals surface area contributed by atoms with Crippen molar-refractivity contribution >= 4 is 27.6 Å². The molecule has 0 aliphatic carbocycles. The number of carbonyl (C=O) groups is 2. The van der Waals surface area contributed by atoms with Gasteiger partial charge in [0.2, 0.25) is 5.78 Å². The lowest BCUT2D eigenvalue weighted by Gasteiger charge is -2.03. The molecule has 0 saturated heterocycles. The van der Waals surface area contributed by atoms with Gasteiger partial charge >= 0.3 is 0 Å². The van der Waals surface area contributed by atoms with Gasteiger partial charge in [0, 0.05) is 18.3 Å². The highest BCUT2D eigenvalue weighted by molar-refractivity contribution is 9.09. The van der Waals surface area contributed by atoms with Crippen molar-refractivity contribution in [1.82, 2.24) is 5.32 Å². The van der Waals surface area contributed by atoms with Crippen LogP contribution in [0.5, 0.6) is 0 Å². The molecular formula is C19H34BrNO2. The number of unbranched alkanes of at least 4 members (excludes halogenated alkanes) is 8. The van der Waals surface area contributed by atoms with Gasteiger partial charge in [-0.25, -0.2) is 0 Å². The second kappa shape index (κ2) is 17.7. The minimum Gasteiger partial charge on any atom is -0.350 e. The number of rotatable bonds is 16. The van der Waals surface area contributed by atoms with Crippen LogP contribution in [0.4, 0.5) is 0 Å². The van der Waals surface area contributed by atoms with E-state index in [1.54, 1.807) is 0 Å². The number of amides is 1. The number of hydrogen-bond donors (Lipinski definition) is 1. The zero-order valence-corrected chi connectivity index (χ0v) is 16.3. The molecule has 134 valence electrons. The molecule has 23 heavy (non-hydrogen) atoms. The molecule has 0 rings (SSSR count). The normalized spacial score (nSPS) is 11.0. The SMILES string of the molecule is CCCCCC(=O)C(=O)NCCCC/C=C\CCCCCCBr. The summed E-state index contributed by atoms with van der Waals surface area (Å²) in [4.78, 5) is 23.1. The number of hydrogen-bond acceptors (Lipinski definition) is 2. The van der Waals surface area contributed by atoms with E-state index in [4.69, 9.17) is 0 Å². The molecule has 0 saturated carbocycles. The van der Waals surface area contributed by atoms with Crippen LogP contribution in [0.3, 0.4) is 0 Å². The maximum atomic E-state index is 11.5. The Morgan fingerprint density at radius 1 is 0.870 bits per heavy atom. The van der Waals surface area contributed by atoms with E-state index < -0.39 is 5.91 Å². The summed E-state index contributed by atoms with van der Waals surface area (Å²) >= 11 is 3.45. The Kier molecular flexibility index (Phi) is 17.2. The van der Waals surface area contributed by atoms with Crippen molar-refractivity contribution in [3.05, 3.63) is 12.2 Å². The summed E-state index contributed by atoms with van der Waals surface area (Å²) in [5.41, 5.74) is 0. The summed E-state index contributed by atoms with van der Waals surface area (Å²) in [6.45, 7) is 2.70. The minimum absolute atomic E-state index is 0.266. The summed E-state index contributed by atoms with van der Waals surface area (Å²) < 4.78 is 0. The maximum Gasteiger partial charge on any atom is 0.287 e. The Morgan fingerprint density at radius 2 is 1.52 bits per heavy atom. The van der Waals surface area contributed by atoms with E-state index in [0.29, 0.717) is 13.0 Å². The smallest absolute Gasteiger partial charge is 0.287 e. The number of alkyl halides is 1. The molecule has 0 bridgehead atoms. The molecule has 0 aromatic heterocycles. The zero-order chi connectivity index (χ0) is 17.2. The van der Waals surface area contributed by atoms with Gasteiger partial charge in [-0.05, 0) is 44.9 Å². The molecule has 0 unspecified atom stereocenters. The third kappa shape index (κ3) is 16.0. The Bertz CT molecular complexity index is 329. The van der Waals surface area contributed by atoms with E-state index in [-0.39, 0.29) is 5.78 Å². The van der Waals surface area contributed by atoms with Crippen LogP contribution in [0.25, 0.3) is 0 Å². The van der Waals surface area contributed by atoms with Gasteiger partial charge in [0.05, 0.1) is 0 Å². The van der Waals surface area contributed by atoms with Gasteiger partial charge in [-0.1, -0.05) is 60.7 Å². The van der Waals surface area contributed by atoms with Crippen molar-refractivity contribution in [3.63, 3.8) is 0 Å². The molecule has 0 radical (unpaired) electrons. The van der Waals surface area contributed by atoms with E-state index >= 15 is 0 Å². The van der Waals surface area contributed by atoms with Crippen LogP contribution < -0.4 is 5.32 Å². The van der Waals surface area contributed by atoms with Crippen LogP contribution in [0.1, 0.15) is 84.0 Å². The fourth-order valence-corrected chi connectivity index (χ4v) is 2.68. The highest BCUT2D eigenvalue weighted by Crippen LogP contribution is 2.06. The van der Waals surface area contributed by atoms with Gasteiger partial charge in [0.15, 0.2) is 0 Å². The number of allylic oxidation sites excluding steroid dienone is 2. The molecular weight excluding hydrogens is 354 g/mol. The summed E-state index contributed by atoms with van der Waals surface area (Å²) in [6, 6.07) is 0. The van der Waals surface area contributed by atoms with Crippen molar-refractivity contribution in [3.8, 4) is 0 Å². The first-order chi connectivity index (χ1) is 11.2. The van der Waals surface area contributed by atoms with E-state index in [2.05, 4.69) is 40.3 Å². The number of ketones is 1. The average molecular weight is 388 g/mol. The molecule has 0 atom stereocenters. The standard InChI is InChI=1S/C19H34BrNO2/c1-2-3-12-15-18(22)19(23)21-17-14-11-9-7-5-4-6-8-10-13-16-20/h5,7H,2-4,6,8-17H2,1H3,(H,21,23)/b7-5-. The molecule has 1 N–H and O–H groups in total. The Hall–Kier alpha value is -0.640. The van der Waals surface area contributed by atoms with Crippen LogP contribution in [-0.2, 0) is 9.59 Å².